The molecule has 0 amide bonds. The first-order chi connectivity index (χ1) is 7.94. The van der Waals surface area contributed by atoms with Crippen LogP contribution in [0, 0.1) is 0 Å². The predicted octanol–water partition coefficient (Wildman–Crippen LogP) is 2.78. The number of likely N-dealkylation sites (N-methyl/N-ethyl adjacent to an activating group) is 1. The minimum Gasteiger partial charge on any atom is -0.497 e. The molecule has 0 heterocycles. The van der Waals surface area contributed by atoms with Gasteiger partial charge in [-0.2, -0.15) is 13.2 Å². The molecular formula is C12H16F3NO. The van der Waals surface area contributed by atoms with Crippen LogP contribution in [0.1, 0.15) is 12.0 Å². The van der Waals surface area contributed by atoms with Crippen molar-refractivity contribution in [2.75, 3.05) is 14.2 Å². The summed E-state index contributed by atoms with van der Waals surface area (Å²) in [6, 6.07) is 6.45. The molecule has 17 heavy (non-hydrogen) atoms. The Hall–Kier alpha value is -1.23. The Balaban J connectivity index is 2.61. The third-order valence-electron chi connectivity index (χ3n) is 2.53. The third kappa shape index (κ3) is 5.08. The van der Waals surface area contributed by atoms with Crippen LogP contribution in [-0.4, -0.2) is 26.4 Å². The van der Waals surface area contributed by atoms with E-state index in [9.17, 15) is 13.2 Å². The summed E-state index contributed by atoms with van der Waals surface area (Å²) >= 11 is 0. The van der Waals surface area contributed by atoms with Crippen molar-refractivity contribution in [3.05, 3.63) is 29.8 Å². The molecule has 0 aliphatic rings. The van der Waals surface area contributed by atoms with E-state index in [0.29, 0.717) is 12.2 Å². The number of ether oxygens (including phenoxy) is 1. The quantitative estimate of drug-likeness (QED) is 0.863. The summed E-state index contributed by atoms with van der Waals surface area (Å²) in [6.07, 6.45) is -4.62. The highest BCUT2D eigenvalue weighted by Gasteiger charge is 2.31. The van der Waals surface area contributed by atoms with Gasteiger partial charge in [-0.05, 0) is 31.2 Å². The molecule has 0 aromatic heterocycles. The van der Waals surface area contributed by atoms with Crippen LogP contribution >= 0.6 is 0 Å². The monoisotopic (exact) mass is 247 g/mol. The van der Waals surface area contributed by atoms with E-state index in [2.05, 4.69) is 5.32 Å². The summed E-state index contributed by atoms with van der Waals surface area (Å²) in [5.41, 5.74) is 0.856. The Morgan fingerprint density at radius 2 is 1.82 bits per heavy atom. The average Bonchev–Trinajstić information content (AvgIpc) is 2.27. The fourth-order valence-corrected chi connectivity index (χ4v) is 1.60. The maximum atomic E-state index is 12.3. The summed E-state index contributed by atoms with van der Waals surface area (Å²) in [5.74, 6) is 0.700. The van der Waals surface area contributed by atoms with E-state index in [1.165, 1.54) is 0 Å². The Morgan fingerprint density at radius 1 is 1.24 bits per heavy atom. The topological polar surface area (TPSA) is 21.3 Å². The second-order valence-corrected chi connectivity index (χ2v) is 3.86. The third-order valence-corrected chi connectivity index (χ3v) is 2.53. The predicted molar refractivity (Wildman–Crippen MR) is 60.2 cm³/mol. The van der Waals surface area contributed by atoms with Crippen LogP contribution in [-0.2, 0) is 6.42 Å². The minimum atomic E-state index is -4.14. The van der Waals surface area contributed by atoms with Crippen LogP contribution in [0.4, 0.5) is 13.2 Å². The molecule has 1 unspecified atom stereocenters. The van der Waals surface area contributed by atoms with Crippen molar-refractivity contribution in [2.45, 2.75) is 25.1 Å². The number of benzene rings is 1. The fourth-order valence-electron chi connectivity index (χ4n) is 1.60. The van der Waals surface area contributed by atoms with E-state index in [0.717, 1.165) is 5.56 Å². The lowest BCUT2D eigenvalue weighted by Crippen LogP contribution is -2.32. The summed E-state index contributed by atoms with van der Waals surface area (Å²) in [6.45, 7) is 0. The summed E-state index contributed by atoms with van der Waals surface area (Å²) < 4.78 is 41.7. The zero-order chi connectivity index (χ0) is 12.9. The van der Waals surface area contributed by atoms with Crippen molar-refractivity contribution in [3.63, 3.8) is 0 Å². The summed E-state index contributed by atoms with van der Waals surface area (Å²) in [7, 11) is 3.09. The molecule has 0 aliphatic heterocycles. The van der Waals surface area contributed by atoms with Gasteiger partial charge in [-0.15, -0.1) is 0 Å². The normalized spacial score (nSPS) is 13.5. The Morgan fingerprint density at radius 3 is 2.24 bits per heavy atom. The molecule has 0 saturated heterocycles. The van der Waals surface area contributed by atoms with Gasteiger partial charge in [-0.1, -0.05) is 12.1 Å². The largest absolute Gasteiger partial charge is 0.497 e. The van der Waals surface area contributed by atoms with Gasteiger partial charge in [0.25, 0.3) is 0 Å². The van der Waals surface area contributed by atoms with Gasteiger partial charge in [0, 0.05) is 6.04 Å². The first kappa shape index (κ1) is 13.8. The van der Waals surface area contributed by atoms with Gasteiger partial charge in [0.05, 0.1) is 13.5 Å². The maximum Gasteiger partial charge on any atom is 0.390 e. The first-order valence-electron chi connectivity index (χ1n) is 5.31. The number of methoxy groups -OCH3 is 1. The number of alkyl halides is 3. The lowest BCUT2D eigenvalue weighted by Gasteiger charge is -2.18. The molecule has 1 aromatic carbocycles. The van der Waals surface area contributed by atoms with Crippen LogP contribution < -0.4 is 10.1 Å². The molecule has 0 bridgehead atoms. The average molecular weight is 247 g/mol. The molecule has 0 aliphatic carbocycles. The van der Waals surface area contributed by atoms with Crippen molar-refractivity contribution >= 4 is 0 Å². The van der Waals surface area contributed by atoms with E-state index >= 15 is 0 Å². The van der Waals surface area contributed by atoms with Gasteiger partial charge < -0.3 is 10.1 Å². The second kappa shape index (κ2) is 5.91. The number of hydrogen-bond acceptors (Lipinski definition) is 2. The lowest BCUT2D eigenvalue weighted by atomic mass is 10.0. The number of rotatable bonds is 5. The van der Waals surface area contributed by atoms with E-state index in [1.807, 2.05) is 0 Å². The zero-order valence-electron chi connectivity index (χ0n) is 9.84. The van der Waals surface area contributed by atoms with Crippen molar-refractivity contribution in [1.82, 2.24) is 5.32 Å². The van der Waals surface area contributed by atoms with Gasteiger partial charge in [-0.3, -0.25) is 0 Å². The van der Waals surface area contributed by atoms with Gasteiger partial charge in [0.2, 0.25) is 0 Å². The second-order valence-electron chi connectivity index (χ2n) is 3.86. The van der Waals surface area contributed by atoms with Crippen LogP contribution in [0.5, 0.6) is 5.75 Å². The van der Waals surface area contributed by atoms with Gasteiger partial charge >= 0.3 is 6.18 Å². The highest BCUT2D eigenvalue weighted by Crippen LogP contribution is 2.23. The Bertz CT molecular complexity index is 335. The number of nitrogens with one attached hydrogen (secondary N) is 1. The van der Waals surface area contributed by atoms with E-state index in [-0.39, 0.29) is 0 Å². The van der Waals surface area contributed by atoms with Crippen molar-refractivity contribution in [3.8, 4) is 5.75 Å². The number of halogens is 3. The van der Waals surface area contributed by atoms with Crippen molar-refractivity contribution in [1.29, 1.82) is 0 Å². The molecule has 2 nitrogen and oxygen atoms in total. The molecule has 1 aromatic rings. The van der Waals surface area contributed by atoms with Crippen LogP contribution in [0.3, 0.4) is 0 Å². The maximum absolute atomic E-state index is 12.3. The van der Waals surface area contributed by atoms with Gasteiger partial charge in [0.15, 0.2) is 0 Å². The van der Waals surface area contributed by atoms with Crippen molar-refractivity contribution < 1.29 is 17.9 Å². The SMILES string of the molecule is CNC(Cc1ccc(OC)cc1)CC(F)(F)F. The zero-order valence-corrected chi connectivity index (χ0v) is 9.84. The van der Waals surface area contributed by atoms with E-state index in [1.54, 1.807) is 38.4 Å². The Labute approximate surface area is 98.8 Å². The molecule has 0 radical (unpaired) electrons. The molecule has 0 spiro atoms. The standard InChI is InChI=1S/C12H16F3NO/c1-16-10(8-12(13,14)15)7-9-3-5-11(17-2)6-4-9/h3-6,10,16H,7-8H2,1-2H3. The molecule has 1 N–H and O–H groups in total. The highest BCUT2D eigenvalue weighted by atomic mass is 19.4. The first-order valence-corrected chi connectivity index (χ1v) is 5.31. The summed E-state index contributed by atoms with van der Waals surface area (Å²) in [4.78, 5) is 0. The molecule has 96 valence electrons. The Kier molecular flexibility index (Phi) is 4.81. The number of hydrogen-bond donors (Lipinski definition) is 1. The van der Waals surface area contributed by atoms with Crippen LogP contribution in [0.15, 0.2) is 24.3 Å². The highest BCUT2D eigenvalue weighted by molar-refractivity contribution is 5.27. The van der Waals surface area contributed by atoms with E-state index < -0.39 is 18.6 Å². The smallest absolute Gasteiger partial charge is 0.390 e. The summed E-state index contributed by atoms with van der Waals surface area (Å²) in [5, 5.41) is 2.68. The molecule has 0 saturated carbocycles. The fraction of sp³-hybridized carbons (Fsp3) is 0.500. The molecule has 1 rings (SSSR count). The van der Waals surface area contributed by atoms with Crippen LogP contribution in [0.25, 0.3) is 0 Å². The van der Waals surface area contributed by atoms with Crippen molar-refractivity contribution in [2.24, 2.45) is 0 Å². The minimum absolute atomic E-state index is 0.347. The molecule has 5 heteroatoms. The molecular weight excluding hydrogens is 231 g/mol. The molecule has 1 atom stereocenters. The van der Waals surface area contributed by atoms with Gasteiger partial charge in [0.1, 0.15) is 5.75 Å². The van der Waals surface area contributed by atoms with Gasteiger partial charge in [-0.25, -0.2) is 0 Å². The van der Waals surface area contributed by atoms with Crippen LogP contribution in [0.2, 0.25) is 0 Å². The van der Waals surface area contributed by atoms with E-state index in [4.69, 9.17) is 4.74 Å². The molecule has 0 fully saturated rings. The lowest BCUT2D eigenvalue weighted by molar-refractivity contribution is -0.139.